The van der Waals surface area contributed by atoms with Crippen molar-refractivity contribution in [3.63, 3.8) is 0 Å². The summed E-state index contributed by atoms with van der Waals surface area (Å²) in [6, 6.07) is 0. The Labute approximate surface area is 142 Å². The summed E-state index contributed by atoms with van der Waals surface area (Å²) in [7, 11) is 0. The first kappa shape index (κ1) is 23.5. The summed E-state index contributed by atoms with van der Waals surface area (Å²) >= 11 is 0. The second-order valence-corrected chi connectivity index (χ2v) is 5.59. The Kier molecular flexibility index (Phi) is 18.7. The van der Waals surface area contributed by atoms with Crippen molar-refractivity contribution in [2.45, 2.75) is 66.7 Å². The van der Waals surface area contributed by atoms with E-state index >= 15 is 0 Å². The molecule has 132 valence electrons. The highest BCUT2D eigenvalue weighted by molar-refractivity contribution is 5.66. The fourth-order valence-corrected chi connectivity index (χ4v) is 1.54. The van der Waals surface area contributed by atoms with Crippen molar-refractivity contribution in [1.29, 1.82) is 0 Å². The molecule has 0 heterocycles. The van der Waals surface area contributed by atoms with E-state index in [4.69, 9.17) is 9.84 Å². The van der Waals surface area contributed by atoms with Crippen LogP contribution in [0.25, 0.3) is 0 Å². The van der Waals surface area contributed by atoms with Crippen molar-refractivity contribution in [2.24, 2.45) is 0 Å². The summed E-state index contributed by atoms with van der Waals surface area (Å²) < 4.78 is 4.81. The lowest BCUT2D eigenvalue weighted by atomic mass is 10.1. The predicted octanol–water partition coefficient (Wildman–Crippen LogP) is 6.05. The van der Waals surface area contributed by atoms with Crippen LogP contribution in [0.1, 0.15) is 66.7 Å². The minimum absolute atomic E-state index is 0.224. The van der Waals surface area contributed by atoms with Gasteiger partial charge >= 0.3 is 5.97 Å². The van der Waals surface area contributed by atoms with E-state index in [0.29, 0.717) is 6.61 Å². The molecule has 23 heavy (non-hydrogen) atoms. The summed E-state index contributed by atoms with van der Waals surface area (Å²) in [6.07, 6.45) is 16.4. The van der Waals surface area contributed by atoms with Gasteiger partial charge in [-0.25, -0.2) is 0 Å². The fourth-order valence-electron chi connectivity index (χ4n) is 1.54. The van der Waals surface area contributed by atoms with Crippen LogP contribution in [0.2, 0.25) is 0 Å². The molecule has 0 unspecified atom stereocenters. The van der Waals surface area contributed by atoms with Crippen LogP contribution in [0, 0.1) is 0 Å². The second-order valence-electron chi connectivity index (χ2n) is 5.59. The summed E-state index contributed by atoms with van der Waals surface area (Å²) in [4.78, 5) is 10.5. The third-order valence-electron chi connectivity index (χ3n) is 2.87. The largest absolute Gasteiger partial charge is 0.516 e. The summed E-state index contributed by atoms with van der Waals surface area (Å²) in [5, 5.41) is 8.19. The van der Waals surface area contributed by atoms with Crippen LogP contribution in [-0.2, 0) is 9.53 Å². The fraction of sp³-hybridized carbons (Fsp3) is 0.550. The van der Waals surface area contributed by atoms with E-state index in [1.165, 1.54) is 30.9 Å². The van der Waals surface area contributed by atoms with Gasteiger partial charge in [-0.3, -0.25) is 4.79 Å². The Morgan fingerprint density at radius 2 is 1.74 bits per heavy atom. The van der Waals surface area contributed by atoms with E-state index < -0.39 is 0 Å². The molecule has 0 aliphatic heterocycles. The molecule has 0 fully saturated rings. The lowest BCUT2D eigenvalue weighted by molar-refractivity contribution is -0.139. The molecule has 0 aromatic carbocycles. The molecule has 0 rings (SSSR count). The van der Waals surface area contributed by atoms with Crippen LogP contribution in [-0.4, -0.2) is 17.7 Å². The molecule has 0 bridgehead atoms. The molecular formula is C20H34O3. The first-order valence-corrected chi connectivity index (χ1v) is 8.32. The quantitative estimate of drug-likeness (QED) is 0.185. The van der Waals surface area contributed by atoms with Crippen molar-refractivity contribution in [3.05, 3.63) is 47.8 Å². The molecule has 0 aromatic heterocycles. The van der Waals surface area contributed by atoms with Crippen LogP contribution < -0.4 is 0 Å². The van der Waals surface area contributed by atoms with E-state index in [1.54, 1.807) is 6.08 Å². The molecule has 0 saturated carbocycles. The molecule has 0 saturated heterocycles. The number of carbonyl (C=O) groups is 1. The molecular weight excluding hydrogens is 288 g/mol. The third-order valence-corrected chi connectivity index (χ3v) is 2.87. The maximum absolute atomic E-state index is 10.5. The number of esters is 1. The maximum Gasteiger partial charge on any atom is 0.302 e. The molecule has 3 heteroatoms. The minimum atomic E-state index is -0.224. The minimum Gasteiger partial charge on any atom is -0.516 e. The van der Waals surface area contributed by atoms with Crippen molar-refractivity contribution in [1.82, 2.24) is 0 Å². The average Bonchev–Trinajstić information content (AvgIpc) is 2.47. The number of carbonyl (C=O) groups excluding carboxylic acids is 1. The second kappa shape index (κ2) is 18.3. The van der Waals surface area contributed by atoms with E-state index in [0.717, 1.165) is 25.5 Å². The van der Waals surface area contributed by atoms with Gasteiger partial charge in [0.2, 0.25) is 0 Å². The molecule has 0 aliphatic carbocycles. The molecule has 0 radical (unpaired) electrons. The molecule has 0 spiro atoms. The smallest absolute Gasteiger partial charge is 0.302 e. The Balaban J connectivity index is 0. The highest BCUT2D eigenvalue weighted by Gasteiger charge is 1.91. The summed E-state index contributed by atoms with van der Waals surface area (Å²) in [6.45, 7) is 10.2. The monoisotopic (exact) mass is 322 g/mol. The first-order chi connectivity index (χ1) is 10.9. The third kappa shape index (κ3) is 25.5. The Hall–Kier alpha value is -1.77. The van der Waals surface area contributed by atoms with E-state index in [2.05, 4.69) is 39.8 Å². The Bertz CT molecular complexity index is 397. The van der Waals surface area contributed by atoms with Crippen LogP contribution in [0.4, 0.5) is 0 Å². The van der Waals surface area contributed by atoms with Gasteiger partial charge in [-0.05, 0) is 52.2 Å². The van der Waals surface area contributed by atoms with E-state index in [1.807, 2.05) is 12.2 Å². The topological polar surface area (TPSA) is 46.5 Å². The van der Waals surface area contributed by atoms with E-state index in [-0.39, 0.29) is 5.97 Å². The zero-order valence-electron chi connectivity index (χ0n) is 15.5. The van der Waals surface area contributed by atoms with Crippen molar-refractivity contribution >= 4 is 5.97 Å². The van der Waals surface area contributed by atoms with Crippen LogP contribution >= 0.6 is 0 Å². The molecule has 1 N–H and O–H groups in total. The van der Waals surface area contributed by atoms with Crippen molar-refractivity contribution in [2.75, 3.05) is 6.61 Å². The zero-order chi connectivity index (χ0) is 17.9. The van der Waals surface area contributed by atoms with Gasteiger partial charge in [0.25, 0.3) is 0 Å². The molecule has 0 atom stereocenters. The van der Waals surface area contributed by atoms with Gasteiger partial charge in [0.15, 0.2) is 0 Å². The SMILES string of the molecule is CC(=O)OC/C=C(\C)CCC=C(C)C.CCCC/C=C/C=C/O. The number of aliphatic hydroxyl groups excluding tert-OH is 1. The van der Waals surface area contributed by atoms with Gasteiger partial charge < -0.3 is 9.84 Å². The normalized spacial score (nSPS) is 11.3. The average molecular weight is 322 g/mol. The van der Waals surface area contributed by atoms with Crippen LogP contribution in [0.15, 0.2) is 47.8 Å². The molecule has 3 nitrogen and oxygen atoms in total. The number of allylic oxidation sites excluding steroid dienone is 6. The highest BCUT2D eigenvalue weighted by atomic mass is 16.5. The van der Waals surface area contributed by atoms with Gasteiger partial charge in [0, 0.05) is 6.92 Å². The van der Waals surface area contributed by atoms with Crippen LogP contribution in [0.5, 0.6) is 0 Å². The van der Waals surface area contributed by atoms with E-state index in [9.17, 15) is 4.79 Å². The lowest BCUT2D eigenvalue weighted by Gasteiger charge is -2.00. The number of hydrogen-bond donors (Lipinski definition) is 1. The number of unbranched alkanes of at least 4 members (excludes halogenated alkanes) is 2. The number of aliphatic hydroxyl groups is 1. The Morgan fingerprint density at radius 1 is 1.04 bits per heavy atom. The first-order valence-electron chi connectivity index (χ1n) is 8.32. The molecule has 0 aliphatic rings. The number of rotatable bonds is 9. The van der Waals surface area contributed by atoms with Gasteiger partial charge in [-0.15, -0.1) is 0 Å². The summed E-state index contributed by atoms with van der Waals surface area (Å²) in [5.74, 6) is -0.224. The van der Waals surface area contributed by atoms with Gasteiger partial charge in [0.05, 0.1) is 6.26 Å². The predicted molar refractivity (Wildman–Crippen MR) is 99.5 cm³/mol. The zero-order valence-corrected chi connectivity index (χ0v) is 15.5. The van der Waals surface area contributed by atoms with Gasteiger partial charge in [-0.1, -0.05) is 49.1 Å². The standard InChI is InChI=1S/C12H20O2.C8H14O/c1-10(2)6-5-7-11(3)8-9-14-12(4)13;1-2-3-4-5-6-7-8-9/h6,8H,5,7,9H2,1-4H3;5-9H,2-4H2,1H3/b11-8+;6-5+,8-7+. The van der Waals surface area contributed by atoms with Gasteiger partial charge in [0.1, 0.15) is 6.61 Å². The van der Waals surface area contributed by atoms with Crippen molar-refractivity contribution in [3.8, 4) is 0 Å². The lowest BCUT2D eigenvalue weighted by Crippen LogP contribution is -1.98. The van der Waals surface area contributed by atoms with Crippen LogP contribution in [0.3, 0.4) is 0 Å². The molecule has 0 aromatic rings. The maximum atomic E-state index is 10.5. The number of hydrogen-bond acceptors (Lipinski definition) is 3. The summed E-state index contributed by atoms with van der Waals surface area (Å²) in [5.41, 5.74) is 2.61. The molecule has 0 amide bonds. The van der Waals surface area contributed by atoms with Gasteiger partial charge in [-0.2, -0.15) is 0 Å². The van der Waals surface area contributed by atoms with Crippen molar-refractivity contribution < 1.29 is 14.6 Å². The number of ether oxygens (including phenoxy) is 1. The Morgan fingerprint density at radius 3 is 2.26 bits per heavy atom. The highest BCUT2D eigenvalue weighted by Crippen LogP contribution is 2.06.